The average molecular weight is 294 g/mol. The molecule has 0 bridgehead atoms. The lowest BCUT2D eigenvalue weighted by molar-refractivity contribution is 0.846. The molecule has 0 atom stereocenters. The van der Waals surface area contributed by atoms with Crippen molar-refractivity contribution in [2.24, 2.45) is 0 Å². The summed E-state index contributed by atoms with van der Waals surface area (Å²) < 4.78 is 1.22. The minimum atomic E-state index is 1.03. The Labute approximate surface area is 108 Å². The van der Waals surface area contributed by atoms with E-state index in [0.717, 1.165) is 13.1 Å². The molecule has 0 spiro atoms. The molecule has 0 aliphatic carbocycles. The van der Waals surface area contributed by atoms with Crippen molar-refractivity contribution in [3.63, 3.8) is 0 Å². The van der Waals surface area contributed by atoms with Crippen molar-refractivity contribution in [1.29, 1.82) is 0 Å². The fraction of sp³-hybridized carbons (Fsp3) is 0.231. The SMILES string of the molecule is Brc1ccc(CN2CCc3ccccc32)s1. The van der Waals surface area contributed by atoms with Crippen molar-refractivity contribution < 1.29 is 0 Å². The van der Waals surface area contributed by atoms with Crippen LogP contribution < -0.4 is 4.90 Å². The highest BCUT2D eigenvalue weighted by Crippen LogP contribution is 2.31. The van der Waals surface area contributed by atoms with E-state index in [1.54, 1.807) is 0 Å². The van der Waals surface area contributed by atoms with Gasteiger partial charge in [0.2, 0.25) is 0 Å². The summed E-state index contributed by atoms with van der Waals surface area (Å²) in [5.41, 5.74) is 2.89. The quantitative estimate of drug-likeness (QED) is 0.807. The van der Waals surface area contributed by atoms with Gasteiger partial charge in [-0.1, -0.05) is 18.2 Å². The highest BCUT2D eigenvalue weighted by atomic mass is 79.9. The molecule has 0 unspecified atom stereocenters. The van der Waals surface area contributed by atoms with E-state index in [9.17, 15) is 0 Å². The topological polar surface area (TPSA) is 3.24 Å². The van der Waals surface area contributed by atoms with E-state index in [0.29, 0.717) is 0 Å². The molecule has 0 fully saturated rings. The maximum Gasteiger partial charge on any atom is 0.0702 e. The first kappa shape index (κ1) is 10.4. The second-order valence-electron chi connectivity index (χ2n) is 4.01. The van der Waals surface area contributed by atoms with Gasteiger partial charge in [0, 0.05) is 17.1 Å². The highest BCUT2D eigenvalue weighted by molar-refractivity contribution is 9.11. The Morgan fingerprint density at radius 3 is 2.88 bits per heavy atom. The standard InChI is InChI=1S/C13H12BrNS/c14-13-6-5-11(16-13)9-15-8-7-10-3-1-2-4-12(10)15/h1-6H,7-9H2. The molecule has 0 N–H and O–H groups in total. The molecule has 3 heteroatoms. The van der Waals surface area contributed by atoms with Gasteiger partial charge in [0.05, 0.1) is 10.3 Å². The zero-order valence-corrected chi connectivity index (χ0v) is 11.2. The molecule has 0 saturated carbocycles. The van der Waals surface area contributed by atoms with Crippen LogP contribution in [0.2, 0.25) is 0 Å². The van der Waals surface area contributed by atoms with E-state index in [-0.39, 0.29) is 0 Å². The van der Waals surface area contributed by atoms with Crippen molar-refractivity contribution in [2.45, 2.75) is 13.0 Å². The number of halogens is 1. The molecule has 2 aromatic rings. The number of nitrogens with zero attached hydrogens (tertiary/aromatic N) is 1. The number of thiophene rings is 1. The van der Waals surface area contributed by atoms with Gasteiger partial charge in [-0.15, -0.1) is 11.3 Å². The van der Waals surface area contributed by atoms with Crippen LogP contribution >= 0.6 is 27.3 Å². The van der Waals surface area contributed by atoms with Gasteiger partial charge < -0.3 is 4.90 Å². The van der Waals surface area contributed by atoms with Crippen molar-refractivity contribution in [1.82, 2.24) is 0 Å². The van der Waals surface area contributed by atoms with Crippen LogP contribution in [0.4, 0.5) is 5.69 Å². The molecule has 0 amide bonds. The summed E-state index contributed by atoms with van der Waals surface area (Å²) in [7, 11) is 0. The van der Waals surface area contributed by atoms with Gasteiger partial charge in [0.25, 0.3) is 0 Å². The number of rotatable bonds is 2. The molecular formula is C13H12BrNS. The van der Waals surface area contributed by atoms with Gasteiger partial charge in [-0.2, -0.15) is 0 Å². The largest absolute Gasteiger partial charge is 0.366 e. The second kappa shape index (κ2) is 4.22. The van der Waals surface area contributed by atoms with Crippen LogP contribution in [0.25, 0.3) is 0 Å². The first-order valence-electron chi connectivity index (χ1n) is 5.40. The number of fused-ring (bicyclic) bond motifs is 1. The van der Waals surface area contributed by atoms with Gasteiger partial charge in [-0.25, -0.2) is 0 Å². The van der Waals surface area contributed by atoms with Crippen LogP contribution in [0.3, 0.4) is 0 Å². The van der Waals surface area contributed by atoms with Crippen molar-refractivity contribution in [3.8, 4) is 0 Å². The van der Waals surface area contributed by atoms with Gasteiger partial charge in [-0.05, 0) is 46.1 Å². The Morgan fingerprint density at radius 2 is 2.06 bits per heavy atom. The van der Waals surface area contributed by atoms with Gasteiger partial charge >= 0.3 is 0 Å². The zero-order chi connectivity index (χ0) is 11.0. The van der Waals surface area contributed by atoms with Crippen molar-refractivity contribution in [2.75, 3.05) is 11.4 Å². The Balaban J connectivity index is 1.83. The van der Waals surface area contributed by atoms with Crippen molar-refractivity contribution >= 4 is 33.0 Å². The van der Waals surface area contributed by atoms with Crippen LogP contribution in [0.1, 0.15) is 10.4 Å². The van der Waals surface area contributed by atoms with Crippen LogP contribution in [-0.2, 0) is 13.0 Å². The van der Waals surface area contributed by atoms with E-state index in [2.05, 4.69) is 57.2 Å². The predicted molar refractivity (Wildman–Crippen MR) is 73.2 cm³/mol. The summed E-state index contributed by atoms with van der Waals surface area (Å²) in [5.74, 6) is 0. The van der Waals surface area contributed by atoms with E-state index in [4.69, 9.17) is 0 Å². The van der Waals surface area contributed by atoms with E-state index in [1.165, 1.54) is 26.3 Å². The third kappa shape index (κ3) is 1.89. The molecular weight excluding hydrogens is 282 g/mol. The Hall–Kier alpha value is -0.800. The van der Waals surface area contributed by atoms with Crippen LogP contribution in [0.15, 0.2) is 40.2 Å². The summed E-state index contributed by atoms with van der Waals surface area (Å²) in [4.78, 5) is 3.89. The predicted octanol–water partition coefficient (Wildman–Crippen LogP) is 4.07. The minimum absolute atomic E-state index is 1.03. The summed E-state index contributed by atoms with van der Waals surface area (Å²) in [6.45, 7) is 2.18. The molecule has 1 aliphatic heterocycles. The van der Waals surface area contributed by atoms with Gasteiger partial charge in [-0.3, -0.25) is 0 Å². The number of hydrogen-bond donors (Lipinski definition) is 0. The fourth-order valence-corrected chi connectivity index (χ4v) is 3.69. The number of para-hydroxylation sites is 1. The number of anilines is 1. The molecule has 3 rings (SSSR count). The molecule has 82 valence electrons. The third-order valence-electron chi connectivity index (χ3n) is 2.96. The molecule has 1 aliphatic rings. The van der Waals surface area contributed by atoms with Crippen LogP contribution in [0, 0.1) is 0 Å². The Kier molecular flexibility index (Phi) is 2.74. The zero-order valence-electron chi connectivity index (χ0n) is 8.82. The highest BCUT2D eigenvalue weighted by Gasteiger charge is 2.18. The summed E-state index contributed by atoms with van der Waals surface area (Å²) in [5, 5.41) is 0. The summed E-state index contributed by atoms with van der Waals surface area (Å²) in [6.07, 6.45) is 1.18. The first-order valence-corrected chi connectivity index (χ1v) is 7.01. The van der Waals surface area contributed by atoms with E-state index >= 15 is 0 Å². The monoisotopic (exact) mass is 293 g/mol. The van der Waals surface area contributed by atoms with Crippen molar-refractivity contribution in [3.05, 3.63) is 50.6 Å². The normalized spacial score (nSPS) is 14.2. The summed E-state index contributed by atoms with van der Waals surface area (Å²) >= 11 is 5.34. The molecule has 0 saturated heterocycles. The molecule has 16 heavy (non-hydrogen) atoms. The first-order chi connectivity index (χ1) is 7.83. The maximum atomic E-state index is 3.51. The molecule has 0 radical (unpaired) electrons. The summed E-state index contributed by atoms with van der Waals surface area (Å²) in [6, 6.07) is 13.0. The molecule has 2 heterocycles. The van der Waals surface area contributed by atoms with E-state index < -0.39 is 0 Å². The molecule has 1 nitrogen and oxygen atoms in total. The van der Waals surface area contributed by atoms with Gasteiger partial charge in [0.1, 0.15) is 0 Å². The lowest BCUT2D eigenvalue weighted by Crippen LogP contribution is -2.18. The Morgan fingerprint density at radius 1 is 1.19 bits per heavy atom. The van der Waals surface area contributed by atoms with Crippen LogP contribution in [-0.4, -0.2) is 6.54 Å². The lowest BCUT2D eigenvalue weighted by Gasteiger charge is -2.18. The fourth-order valence-electron chi connectivity index (χ4n) is 2.20. The average Bonchev–Trinajstić information content (AvgIpc) is 2.87. The van der Waals surface area contributed by atoms with Gasteiger partial charge in [0.15, 0.2) is 0 Å². The third-order valence-corrected chi connectivity index (χ3v) is 4.57. The van der Waals surface area contributed by atoms with Crippen LogP contribution in [0.5, 0.6) is 0 Å². The molecule has 1 aromatic carbocycles. The maximum absolute atomic E-state index is 3.51. The number of hydrogen-bond acceptors (Lipinski definition) is 2. The second-order valence-corrected chi connectivity index (χ2v) is 6.55. The molecule has 1 aromatic heterocycles. The minimum Gasteiger partial charge on any atom is -0.366 e. The lowest BCUT2D eigenvalue weighted by atomic mass is 10.2. The number of benzene rings is 1. The smallest absolute Gasteiger partial charge is 0.0702 e. The Bertz CT molecular complexity index is 506. The van der Waals surface area contributed by atoms with E-state index in [1.807, 2.05) is 11.3 Å².